The molecule has 1 saturated heterocycles. The van der Waals surface area contributed by atoms with E-state index in [1.165, 1.54) is 30.9 Å². The normalized spacial score (nSPS) is 37.1. The van der Waals surface area contributed by atoms with Crippen molar-refractivity contribution < 1.29 is 0 Å². The summed E-state index contributed by atoms with van der Waals surface area (Å²) in [5, 5.41) is 3.80. The Labute approximate surface area is 111 Å². The van der Waals surface area contributed by atoms with E-state index in [9.17, 15) is 0 Å². The molecule has 2 rings (SSSR count). The first kappa shape index (κ1) is 13.7. The second kappa shape index (κ2) is 5.50. The summed E-state index contributed by atoms with van der Waals surface area (Å²) in [5.41, 5.74) is 0.387. The third kappa shape index (κ3) is 3.18. The average Bonchev–Trinajstić information content (AvgIpc) is 3.13. The van der Waals surface area contributed by atoms with Gasteiger partial charge in [0.15, 0.2) is 0 Å². The van der Waals surface area contributed by atoms with Crippen LogP contribution < -0.4 is 5.32 Å². The van der Waals surface area contributed by atoms with E-state index in [2.05, 4.69) is 49.7 Å². The van der Waals surface area contributed by atoms with Crippen LogP contribution in [0.1, 0.15) is 40.5 Å². The molecule has 17 heavy (non-hydrogen) atoms. The summed E-state index contributed by atoms with van der Waals surface area (Å²) in [5.74, 6) is 3.45. The van der Waals surface area contributed by atoms with Crippen molar-refractivity contribution in [1.29, 1.82) is 0 Å². The summed E-state index contributed by atoms with van der Waals surface area (Å²) < 4.78 is 0. The van der Waals surface area contributed by atoms with Crippen LogP contribution in [0.2, 0.25) is 0 Å². The van der Waals surface area contributed by atoms with Crippen molar-refractivity contribution in [2.75, 3.05) is 24.6 Å². The molecule has 100 valence electrons. The molecule has 0 radical (unpaired) electrons. The summed E-state index contributed by atoms with van der Waals surface area (Å²) in [6.07, 6.45) is 2.87. The molecule has 1 heterocycles. The Morgan fingerprint density at radius 3 is 2.76 bits per heavy atom. The number of nitrogens with one attached hydrogen (secondary N) is 1. The van der Waals surface area contributed by atoms with Gasteiger partial charge >= 0.3 is 0 Å². The fourth-order valence-electron chi connectivity index (χ4n) is 3.06. The summed E-state index contributed by atoms with van der Waals surface area (Å²) in [7, 11) is 0. The zero-order valence-corrected chi connectivity index (χ0v) is 12.6. The van der Waals surface area contributed by atoms with Gasteiger partial charge in [0.2, 0.25) is 0 Å². The first-order valence-electron chi connectivity index (χ1n) is 7.15. The van der Waals surface area contributed by atoms with E-state index in [0.717, 1.165) is 18.5 Å². The predicted octanol–water partition coefficient (Wildman–Crippen LogP) is 2.59. The van der Waals surface area contributed by atoms with Crippen molar-refractivity contribution >= 4 is 11.8 Å². The lowest BCUT2D eigenvalue weighted by molar-refractivity contribution is 0.0597. The zero-order valence-electron chi connectivity index (χ0n) is 11.8. The van der Waals surface area contributed by atoms with Gasteiger partial charge in [-0.05, 0) is 45.3 Å². The van der Waals surface area contributed by atoms with Gasteiger partial charge in [0.25, 0.3) is 0 Å². The van der Waals surface area contributed by atoms with Gasteiger partial charge in [-0.1, -0.05) is 6.92 Å². The van der Waals surface area contributed by atoms with Crippen LogP contribution in [0.3, 0.4) is 0 Å². The molecule has 0 aromatic rings. The molecule has 2 nitrogen and oxygen atoms in total. The maximum Gasteiger partial charge on any atom is 0.0309 e. The Morgan fingerprint density at radius 2 is 2.18 bits per heavy atom. The van der Waals surface area contributed by atoms with Crippen LogP contribution in [-0.2, 0) is 0 Å². The smallest absolute Gasteiger partial charge is 0.0309 e. The first-order valence-corrected chi connectivity index (χ1v) is 8.31. The van der Waals surface area contributed by atoms with Gasteiger partial charge in [0.05, 0.1) is 0 Å². The maximum absolute atomic E-state index is 3.80. The third-order valence-electron chi connectivity index (χ3n) is 4.49. The van der Waals surface area contributed by atoms with Gasteiger partial charge in [0, 0.05) is 36.5 Å². The van der Waals surface area contributed by atoms with Crippen LogP contribution in [0.15, 0.2) is 0 Å². The minimum absolute atomic E-state index is 0.387. The molecule has 1 aliphatic heterocycles. The molecule has 1 saturated carbocycles. The lowest BCUT2D eigenvalue weighted by Crippen LogP contribution is -2.65. The Bertz CT molecular complexity index is 255. The molecule has 2 aliphatic rings. The second-order valence-electron chi connectivity index (χ2n) is 6.10. The lowest BCUT2D eigenvalue weighted by atomic mass is 9.90. The summed E-state index contributed by atoms with van der Waals surface area (Å²) in [4.78, 5) is 2.73. The molecule has 0 spiro atoms. The van der Waals surface area contributed by atoms with Crippen LogP contribution in [-0.4, -0.2) is 47.1 Å². The van der Waals surface area contributed by atoms with E-state index in [-0.39, 0.29) is 0 Å². The molecule has 0 aromatic carbocycles. The minimum atomic E-state index is 0.387. The number of piperazine rings is 1. The number of hydrogen-bond acceptors (Lipinski definition) is 3. The summed E-state index contributed by atoms with van der Waals surface area (Å²) >= 11 is 2.07. The van der Waals surface area contributed by atoms with Crippen molar-refractivity contribution in [2.24, 2.45) is 5.92 Å². The number of hydrogen-bond donors (Lipinski definition) is 1. The van der Waals surface area contributed by atoms with Crippen LogP contribution in [0, 0.1) is 5.92 Å². The Hall–Kier alpha value is 0.270. The lowest BCUT2D eigenvalue weighted by Gasteiger charge is -2.48. The zero-order chi connectivity index (χ0) is 12.5. The van der Waals surface area contributed by atoms with Gasteiger partial charge < -0.3 is 5.32 Å². The number of thioether (sulfide) groups is 1. The van der Waals surface area contributed by atoms with Crippen LogP contribution in [0.25, 0.3) is 0 Å². The minimum Gasteiger partial charge on any atom is -0.308 e. The van der Waals surface area contributed by atoms with Crippen molar-refractivity contribution in [2.45, 2.75) is 58.2 Å². The van der Waals surface area contributed by atoms with Crippen molar-refractivity contribution in [3.05, 3.63) is 0 Å². The van der Waals surface area contributed by atoms with E-state index in [0.29, 0.717) is 11.6 Å². The Balaban J connectivity index is 1.94. The third-order valence-corrected chi connectivity index (χ3v) is 5.61. The van der Waals surface area contributed by atoms with Gasteiger partial charge in [-0.3, -0.25) is 4.90 Å². The molecular formula is C14H28N2S. The monoisotopic (exact) mass is 256 g/mol. The van der Waals surface area contributed by atoms with Gasteiger partial charge in [-0.25, -0.2) is 0 Å². The van der Waals surface area contributed by atoms with E-state index in [4.69, 9.17) is 0 Å². The largest absolute Gasteiger partial charge is 0.308 e. The molecule has 0 aromatic heterocycles. The molecule has 3 atom stereocenters. The summed E-state index contributed by atoms with van der Waals surface area (Å²) in [6.45, 7) is 11.9. The molecular weight excluding hydrogens is 228 g/mol. The predicted molar refractivity (Wildman–Crippen MR) is 77.8 cm³/mol. The number of nitrogens with zero attached hydrogens (tertiary/aromatic N) is 1. The fourth-order valence-corrected chi connectivity index (χ4v) is 3.83. The standard InChI is InChI=1S/C14H28N2S/c1-5-17-9-12(3)16-10-14(4,13-6-7-13)15-8-11(16)2/h11-13,15H,5-10H2,1-4H3. The SMILES string of the molecule is CCSCC(C)N1CC(C)(C2CC2)NCC1C. The highest BCUT2D eigenvalue weighted by atomic mass is 32.2. The van der Waals surface area contributed by atoms with Crippen molar-refractivity contribution in [1.82, 2.24) is 10.2 Å². The van der Waals surface area contributed by atoms with Crippen molar-refractivity contribution in [3.8, 4) is 0 Å². The topological polar surface area (TPSA) is 15.3 Å². The highest BCUT2D eigenvalue weighted by Gasteiger charge is 2.45. The van der Waals surface area contributed by atoms with Gasteiger partial charge in [0.1, 0.15) is 0 Å². The quantitative estimate of drug-likeness (QED) is 0.814. The molecule has 1 N–H and O–H groups in total. The Morgan fingerprint density at radius 1 is 1.47 bits per heavy atom. The van der Waals surface area contributed by atoms with E-state index in [1.807, 2.05) is 0 Å². The maximum atomic E-state index is 3.80. The second-order valence-corrected chi connectivity index (χ2v) is 7.42. The first-order chi connectivity index (χ1) is 8.07. The number of rotatable bonds is 5. The highest BCUT2D eigenvalue weighted by Crippen LogP contribution is 2.41. The van der Waals surface area contributed by atoms with E-state index in [1.54, 1.807) is 0 Å². The van der Waals surface area contributed by atoms with Crippen LogP contribution >= 0.6 is 11.8 Å². The van der Waals surface area contributed by atoms with Crippen LogP contribution in [0.5, 0.6) is 0 Å². The Kier molecular flexibility index (Phi) is 4.43. The molecule has 3 unspecified atom stereocenters. The molecule has 0 bridgehead atoms. The van der Waals surface area contributed by atoms with Gasteiger partial charge in [-0.15, -0.1) is 0 Å². The molecule has 3 heteroatoms. The highest BCUT2D eigenvalue weighted by molar-refractivity contribution is 7.99. The van der Waals surface area contributed by atoms with Crippen molar-refractivity contribution in [3.63, 3.8) is 0 Å². The van der Waals surface area contributed by atoms with Gasteiger partial charge in [-0.2, -0.15) is 11.8 Å². The molecule has 0 amide bonds. The molecule has 1 aliphatic carbocycles. The summed E-state index contributed by atoms with van der Waals surface area (Å²) in [6, 6.07) is 1.41. The van der Waals surface area contributed by atoms with Crippen LogP contribution in [0.4, 0.5) is 0 Å². The average molecular weight is 256 g/mol. The fraction of sp³-hybridized carbons (Fsp3) is 1.00. The van der Waals surface area contributed by atoms with E-state index < -0.39 is 0 Å². The van der Waals surface area contributed by atoms with E-state index >= 15 is 0 Å². The molecule has 2 fully saturated rings.